The third-order valence-corrected chi connectivity index (χ3v) is 3.98. The molecule has 1 amide bonds. The fourth-order valence-electron chi connectivity index (χ4n) is 2.72. The van der Waals surface area contributed by atoms with Gasteiger partial charge in [0.2, 0.25) is 5.91 Å². The molecule has 0 radical (unpaired) electrons. The molecule has 0 unspecified atom stereocenters. The predicted octanol–water partition coefficient (Wildman–Crippen LogP) is 2.90. The van der Waals surface area contributed by atoms with Crippen molar-refractivity contribution in [3.8, 4) is 0 Å². The van der Waals surface area contributed by atoms with Gasteiger partial charge in [-0.25, -0.2) is 0 Å². The van der Waals surface area contributed by atoms with Gasteiger partial charge in [0.15, 0.2) is 0 Å². The molecule has 0 bridgehead atoms. The molecular formula is C18H21N3O. The minimum absolute atomic E-state index is 0.136. The lowest BCUT2D eigenvalue weighted by atomic mass is 10.0. The third kappa shape index (κ3) is 4.07. The summed E-state index contributed by atoms with van der Waals surface area (Å²) >= 11 is 0. The van der Waals surface area contributed by atoms with Crippen molar-refractivity contribution in [2.45, 2.75) is 32.4 Å². The molecule has 1 atom stereocenters. The largest absolute Gasteiger partial charge is 0.352 e. The first-order valence-corrected chi connectivity index (χ1v) is 7.78. The van der Waals surface area contributed by atoms with Crippen LogP contribution in [0.25, 0.3) is 0 Å². The van der Waals surface area contributed by atoms with Crippen molar-refractivity contribution in [3.05, 3.63) is 66.0 Å². The number of amides is 1. The first kappa shape index (κ1) is 14.6. The van der Waals surface area contributed by atoms with Crippen molar-refractivity contribution < 1.29 is 4.79 Å². The fraction of sp³-hybridized carbons (Fsp3) is 0.333. The summed E-state index contributed by atoms with van der Waals surface area (Å²) in [5.41, 5.74) is 2.33. The highest BCUT2D eigenvalue weighted by Crippen LogP contribution is 2.20. The quantitative estimate of drug-likeness (QED) is 0.833. The van der Waals surface area contributed by atoms with Gasteiger partial charge in [0.25, 0.3) is 0 Å². The van der Waals surface area contributed by atoms with E-state index in [1.54, 1.807) is 6.20 Å². The van der Waals surface area contributed by atoms with Gasteiger partial charge in [0.1, 0.15) is 0 Å². The molecule has 2 aromatic rings. The lowest BCUT2D eigenvalue weighted by Crippen LogP contribution is -2.24. The molecule has 22 heavy (non-hydrogen) atoms. The SMILES string of the molecule is O=C(C[C@@H]1C=CCC1)NCc1ccc(Cn2cccn2)cc1. The zero-order valence-electron chi connectivity index (χ0n) is 12.6. The van der Waals surface area contributed by atoms with E-state index in [1.807, 2.05) is 16.9 Å². The maximum Gasteiger partial charge on any atom is 0.220 e. The molecule has 3 rings (SSSR count). The van der Waals surface area contributed by atoms with Crippen LogP contribution in [0.15, 0.2) is 54.9 Å². The molecule has 0 saturated carbocycles. The van der Waals surface area contributed by atoms with Crippen molar-refractivity contribution >= 4 is 5.91 Å². The van der Waals surface area contributed by atoms with Crippen LogP contribution in [-0.4, -0.2) is 15.7 Å². The Morgan fingerprint density at radius 1 is 1.27 bits per heavy atom. The van der Waals surface area contributed by atoms with Gasteiger partial charge in [0, 0.05) is 25.4 Å². The van der Waals surface area contributed by atoms with E-state index in [1.165, 1.54) is 5.56 Å². The smallest absolute Gasteiger partial charge is 0.220 e. The van der Waals surface area contributed by atoms with Crippen LogP contribution >= 0.6 is 0 Å². The van der Waals surface area contributed by atoms with Gasteiger partial charge in [-0.15, -0.1) is 0 Å². The lowest BCUT2D eigenvalue weighted by Gasteiger charge is -2.09. The maximum atomic E-state index is 11.9. The Kier molecular flexibility index (Phi) is 4.68. The molecule has 0 aliphatic heterocycles. The lowest BCUT2D eigenvalue weighted by molar-refractivity contribution is -0.121. The van der Waals surface area contributed by atoms with Crippen LogP contribution < -0.4 is 5.32 Å². The van der Waals surface area contributed by atoms with Crippen molar-refractivity contribution in [2.75, 3.05) is 0 Å². The summed E-state index contributed by atoms with van der Waals surface area (Å²) in [6.45, 7) is 1.37. The van der Waals surface area contributed by atoms with E-state index in [0.717, 1.165) is 24.9 Å². The second kappa shape index (κ2) is 7.07. The number of aromatic nitrogens is 2. The van der Waals surface area contributed by atoms with E-state index >= 15 is 0 Å². The van der Waals surface area contributed by atoms with Gasteiger partial charge in [0.05, 0.1) is 6.54 Å². The summed E-state index contributed by atoms with van der Waals surface area (Å²) in [4.78, 5) is 11.9. The minimum atomic E-state index is 0.136. The highest BCUT2D eigenvalue weighted by molar-refractivity contribution is 5.76. The molecule has 0 saturated heterocycles. The summed E-state index contributed by atoms with van der Waals surface area (Å²) in [7, 11) is 0. The van der Waals surface area contributed by atoms with Crippen LogP contribution in [0.3, 0.4) is 0 Å². The van der Waals surface area contributed by atoms with E-state index in [2.05, 4.69) is 46.8 Å². The van der Waals surface area contributed by atoms with Crippen LogP contribution in [0.5, 0.6) is 0 Å². The number of benzene rings is 1. The molecule has 114 valence electrons. The standard InChI is InChI=1S/C18H21N3O/c22-18(12-15-4-1-2-5-15)19-13-16-6-8-17(9-7-16)14-21-11-3-10-20-21/h1,3-4,6-11,15H,2,5,12-14H2,(H,19,22)/t15-/m1/s1. The molecule has 0 spiro atoms. The molecule has 1 aromatic heterocycles. The topological polar surface area (TPSA) is 46.9 Å². The van der Waals surface area contributed by atoms with Crippen LogP contribution in [0, 0.1) is 5.92 Å². The second-order valence-corrected chi connectivity index (χ2v) is 5.77. The van der Waals surface area contributed by atoms with Crippen LogP contribution in [0.2, 0.25) is 0 Å². The Bertz CT molecular complexity index is 629. The molecule has 1 N–H and O–H groups in total. The van der Waals surface area contributed by atoms with E-state index in [0.29, 0.717) is 18.9 Å². The van der Waals surface area contributed by atoms with E-state index < -0.39 is 0 Å². The average Bonchev–Trinajstić information content (AvgIpc) is 3.20. The molecule has 1 aliphatic rings. The fourth-order valence-corrected chi connectivity index (χ4v) is 2.72. The zero-order chi connectivity index (χ0) is 15.2. The number of hydrogen-bond donors (Lipinski definition) is 1. The summed E-state index contributed by atoms with van der Waals surface area (Å²) in [5.74, 6) is 0.564. The molecule has 1 aromatic carbocycles. The summed E-state index contributed by atoms with van der Waals surface area (Å²) < 4.78 is 1.89. The third-order valence-electron chi connectivity index (χ3n) is 3.98. The highest BCUT2D eigenvalue weighted by Gasteiger charge is 2.13. The normalized spacial score (nSPS) is 16.8. The molecular weight excluding hydrogens is 274 g/mol. The van der Waals surface area contributed by atoms with Gasteiger partial charge in [-0.2, -0.15) is 5.10 Å². The minimum Gasteiger partial charge on any atom is -0.352 e. The van der Waals surface area contributed by atoms with Gasteiger partial charge >= 0.3 is 0 Å². The summed E-state index contributed by atoms with van der Waals surface area (Å²) in [5, 5.41) is 7.20. The predicted molar refractivity (Wildman–Crippen MR) is 86.1 cm³/mol. The summed E-state index contributed by atoms with van der Waals surface area (Å²) in [6, 6.07) is 10.2. The number of hydrogen-bond acceptors (Lipinski definition) is 2. The highest BCUT2D eigenvalue weighted by atomic mass is 16.1. The number of carbonyl (C=O) groups is 1. The Hall–Kier alpha value is -2.36. The number of nitrogens with zero attached hydrogens (tertiary/aromatic N) is 2. The number of carbonyl (C=O) groups excluding carboxylic acids is 1. The summed E-state index contributed by atoms with van der Waals surface area (Å²) in [6.07, 6.45) is 10.9. The van der Waals surface area contributed by atoms with Gasteiger partial charge < -0.3 is 5.32 Å². The average molecular weight is 295 g/mol. The Morgan fingerprint density at radius 3 is 2.77 bits per heavy atom. The van der Waals surface area contributed by atoms with E-state index in [-0.39, 0.29) is 5.91 Å². The van der Waals surface area contributed by atoms with Crippen LogP contribution in [0.4, 0.5) is 0 Å². The van der Waals surface area contributed by atoms with E-state index in [9.17, 15) is 4.79 Å². The van der Waals surface area contributed by atoms with Gasteiger partial charge in [-0.05, 0) is 36.0 Å². The number of allylic oxidation sites excluding steroid dienone is 2. The van der Waals surface area contributed by atoms with Crippen molar-refractivity contribution in [1.82, 2.24) is 15.1 Å². The number of nitrogens with one attached hydrogen (secondary N) is 1. The van der Waals surface area contributed by atoms with Gasteiger partial charge in [-0.3, -0.25) is 9.48 Å². The number of rotatable bonds is 6. The van der Waals surface area contributed by atoms with Crippen LogP contribution in [-0.2, 0) is 17.9 Å². The van der Waals surface area contributed by atoms with E-state index in [4.69, 9.17) is 0 Å². The molecule has 4 nitrogen and oxygen atoms in total. The van der Waals surface area contributed by atoms with Crippen molar-refractivity contribution in [1.29, 1.82) is 0 Å². The molecule has 4 heteroatoms. The maximum absolute atomic E-state index is 11.9. The zero-order valence-corrected chi connectivity index (χ0v) is 12.6. The Morgan fingerprint density at radius 2 is 2.09 bits per heavy atom. The molecule has 1 heterocycles. The first-order valence-electron chi connectivity index (χ1n) is 7.78. The Balaban J connectivity index is 1.46. The van der Waals surface area contributed by atoms with Crippen molar-refractivity contribution in [2.24, 2.45) is 5.92 Å². The molecule has 0 fully saturated rings. The Labute approximate surface area is 130 Å². The molecule has 1 aliphatic carbocycles. The monoisotopic (exact) mass is 295 g/mol. The van der Waals surface area contributed by atoms with Gasteiger partial charge in [-0.1, -0.05) is 36.4 Å². The van der Waals surface area contributed by atoms with Crippen LogP contribution in [0.1, 0.15) is 30.4 Å². The van der Waals surface area contributed by atoms with Crippen molar-refractivity contribution in [3.63, 3.8) is 0 Å². The first-order chi connectivity index (χ1) is 10.8. The second-order valence-electron chi connectivity index (χ2n) is 5.77.